The first-order chi connectivity index (χ1) is 9.34. The van der Waals surface area contributed by atoms with Crippen LogP contribution in [-0.2, 0) is 6.42 Å². The second kappa shape index (κ2) is 5.75. The Balaban J connectivity index is 1.65. The Morgan fingerprint density at radius 3 is 3.26 bits per heavy atom. The van der Waals surface area contributed by atoms with Crippen molar-refractivity contribution in [1.82, 2.24) is 15.3 Å². The topological polar surface area (TPSA) is 40.7 Å². The van der Waals surface area contributed by atoms with Crippen LogP contribution in [0.5, 0.6) is 0 Å². The third kappa shape index (κ3) is 2.82. The highest BCUT2D eigenvalue weighted by Gasteiger charge is 2.22. The molecule has 2 aromatic rings. The fraction of sp³-hybridized carbons (Fsp3) is 0.357. The lowest BCUT2D eigenvalue weighted by Crippen LogP contribution is -2.27. The Kier molecular flexibility index (Phi) is 3.84. The summed E-state index contributed by atoms with van der Waals surface area (Å²) in [7, 11) is 0. The van der Waals surface area contributed by atoms with Crippen LogP contribution >= 0.6 is 11.8 Å². The van der Waals surface area contributed by atoms with E-state index >= 15 is 0 Å². The normalized spacial score (nSPS) is 18.3. The third-order valence-corrected chi connectivity index (χ3v) is 4.49. The summed E-state index contributed by atoms with van der Waals surface area (Å²) in [5.74, 6) is 1.85. The summed E-state index contributed by atoms with van der Waals surface area (Å²) in [6.45, 7) is 0.846. The van der Waals surface area contributed by atoms with Gasteiger partial charge in [-0.1, -0.05) is 12.1 Å². The molecule has 0 saturated heterocycles. The van der Waals surface area contributed by atoms with E-state index in [1.807, 2.05) is 12.3 Å². The highest BCUT2D eigenvalue weighted by molar-refractivity contribution is 7.99. The van der Waals surface area contributed by atoms with Crippen molar-refractivity contribution in [1.29, 1.82) is 0 Å². The van der Waals surface area contributed by atoms with Gasteiger partial charge in [-0.3, -0.25) is 0 Å². The summed E-state index contributed by atoms with van der Waals surface area (Å²) in [5.41, 5.74) is 1.09. The maximum absolute atomic E-state index is 13.7. The van der Waals surface area contributed by atoms with Crippen LogP contribution in [0.3, 0.4) is 0 Å². The highest BCUT2D eigenvalue weighted by Crippen LogP contribution is 2.37. The van der Waals surface area contributed by atoms with Crippen LogP contribution < -0.4 is 5.32 Å². The number of nitrogens with zero attached hydrogens (tertiary/aromatic N) is 1. The number of benzene rings is 1. The zero-order chi connectivity index (χ0) is 13.1. The van der Waals surface area contributed by atoms with Gasteiger partial charge in [0.15, 0.2) is 0 Å². The number of fused-ring (bicyclic) bond motifs is 1. The van der Waals surface area contributed by atoms with Crippen LogP contribution in [0.4, 0.5) is 4.39 Å². The van der Waals surface area contributed by atoms with E-state index in [0.29, 0.717) is 0 Å². The van der Waals surface area contributed by atoms with E-state index in [0.717, 1.165) is 41.4 Å². The molecule has 3 rings (SSSR count). The molecule has 19 heavy (non-hydrogen) atoms. The maximum atomic E-state index is 13.7. The SMILES string of the molecule is Fc1cccc2c1SCCC2NCCc1ncc[nH]1. The molecule has 5 heteroatoms. The Morgan fingerprint density at radius 1 is 1.47 bits per heavy atom. The summed E-state index contributed by atoms with van der Waals surface area (Å²) in [6.07, 6.45) is 5.50. The van der Waals surface area contributed by atoms with E-state index in [1.54, 1.807) is 24.0 Å². The Hall–Kier alpha value is -1.33. The van der Waals surface area contributed by atoms with Crippen LogP contribution in [-0.4, -0.2) is 22.3 Å². The molecule has 1 aromatic carbocycles. The molecule has 1 aliphatic rings. The Morgan fingerprint density at radius 2 is 2.42 bits per heavy atom. The molecule has 1 aliphatic heterocycles. The van der Waals surface area contributed by atoms with Crippen molar-refractivity contribution >= 4 is 11.8 Å². The fourth-order valence-corrected chi connectivity index (χ4v) is 3.54. The van der Waals surface area contributed by atoms with Gasteiger partial charge in [-0.05, 0) is 23.8 Å². The van der Waals surface area contributed by atoms with E-state index in [4.69, 9.17) is 0 Å². The minimum absolute atomic E-state index is 0.0972. The van der Waals surface area contributed by atoms with Crippen molar-refractivity contribution in [2.75, 3.05) is 12.3 Å². The standard InChI is InChI=1S/C14H16FN3S/c15-11-3-1-2-10-12(5-9-19-14(10)11)16-6-4-13-17-7-8-18-13/h1-3,7-8,12,16H,4-6,9H2,(H,17,18). The quantitative estimate of drug-likeness (QED) is 0.903. The molecule has 0 fully saturated rings. The van der Waals surface area contributed by atoms with Gasteiger partial charge in [0, 0.05) is 36.3 Å². The first-order valence-electron chi connectivity index (χ1n) is 6.47. The Labute approximate surface area is 116 Å². The predicted molar refractivity (Wildman–Crippen MR) is 74.8 cm³/mol. The number of halogens is 1. The van der Waals surface area contributed by atoms with Gasteiger partial charge >= 0.3 is 0 Å². The van der Waals surface area contributed by atoms with Gasteiger partial charge in [-0.2, -0.15) is 0 Å². The number of hydrogen-bond acceptors (Lipinski definition) is 3. The lowest BCUT2D eigenvalue weighted by molar-refractivity contribution is 0.497. The van der Waals surface area contributed by atoms with Crippen LogP contribution in [0.15, 0.2) is 35.5 Å². The first-order valence-corrected chi connectivity index (χ1v) is 7.46. The van der Waals surface area contributed by atoms with Gasteiger partial charge < -0.3 is 10.3 Å². The van der Waals surface area contributed by atoms with Gasteiger partial charge in [0.25, 0.3) is 0 Å². The fourth-order valence-electron chi connectivity index (χ4n) is 2.40. The van der Waals surface area contributed by atoms with Crippen LogP contribution in [0.25, 0.3) is 0 Å². The van der Waals surface area contributed by atoms with Crippen molar-refractivity contribution in [2.45, 2.75) is 23.8 Å². The molecule has 3 nitrogen and oxygen atoms in total. The second-order valence-corrected chi connectivity index (χ2v) is 5.69. The van der Waals surface area contributed by atoms with Crippen molar-refractivity contribution in [2.24, 2.45) is 0 Å². The van der Waals surface area contributed by atoms with Crippen LogP contribution in [0, 0.1) is 5.82 Å². The van der Waals surface area contributed by atoms with Gasteiger partial charge in [0.05, 0.1) is 0 Å². The predicted octanol–water partition coefficient (Wildman–Crippen LogP) is 2.92. The van der Waals surface area contributed by atoms with Crippen LogP contribution in [0.1, 0.15) is 23.9 Å². The third-order valence-electron chi connectivity index (χ3n) is 3.33. The van der Waals surface area contributed by atoms with Gasteiger partial charge in [-0.25, -0.2) is 9.37 Å². The van der Waals surface area contributed by atoms with Crippen molar-refractivity contribution in [3.8, 4) is 0 Å². The lowest BCUT2D eigenvalue weighted by Gasteiger charge is -2.26. The number of nitrogens with one attached hydrogen (secondary N) is 2. The summed E-state index contributed by atoms with van der Waals surface area (Å²) in [6, 6.07) is 5.61. The highest BCUT2D eigenvalue weighted by atomic mass is 32.2. The molecule has 0 radical (unpaired) electrons. The molecular weight excluding hydrogens is 261 g/mol. The smallest absolute Gasteiger partial charge is 0.137 e. The number of imidazole rings is 1. The van der Waals surface area contributed by atoms with E-state index in [1.165, 1.54) is 6.07 Å². The molecule has 2 heterocycles. The summed E-state index contributed by atoms with van der Waals surface area (Å²) in [4.78, 5) is 8.10. The molecule has 2 N–H and O–H groups in total. The second-order valence-electron chi connectivity index (χ2n) is 4.59. The number of hydrogen-bond donors (Lipinski definition) is 2. The molecule has 0 amide bonds. The summed E-state index contributed by atoms with van der Waals surface area (Å²) >= 11 is 1.62. The number of H-pyrrole nitrogens is 1. The molecule has 1 unspecified atom stereocenters. The minimum Gasteiger partial charge on any atom is -0.349 e. The number of rotatable bonds is 4. The average Bonchev–Trinajstić information content (AvgIpc) is 2.93. The van der Waals surface area contributed by atoms with Gasteiger partial charge in [-0.15, -0.1) is 11.8 Å². The average molecular weight is 277 g/mol. The van der Waals surface area contributed by atoms with Gasteiger partial charge in [0.1, 0.15) is 11.6 Å². The Bertz CT molecular complexity index is 542. The number of aromatic nitrogens is 2. The van der Waals surface area contributed by atoms with E-state index in [2.05, 4.69) is 15.3 Å². The first kappa shape index (κ1) is 12.7. The lowest BCUT2D eigenvalue weighted by atomic mass is 10.0. The zero-order valence-electron chi connectivity index (χ0n) is 10.5. The zero-order valence-corrected chi connectivity index (χ0v) is 11.3. The number of thioether (sulfide) groups is 1. The molecular formula is C14H16FN3S. The minimum atomic E-state index is -0.0972. The summed E-state index contributed by atoms with van der Waals surface area (Å²) in [5, 5.41) is 3.50. The van der Waals surface area contributed by atoms with E-state index in [9.17, 15) is 4.39 Å². The van der Waals surface area contributed by atoms with Gasteiger partial charge in [0.2, 0.25) is 0 Å². The monoisotopic (exact) mass is 277 g/mol. The van der Waals surface area contributed by atoms with Crippen molar-refractivity contribution < 1.29 is 4.39 Å². The van der Waals surface area contributed by atoms with Crippen LogP contribution in [0.2, 0.25) is 0 Å². The molecule has 100 valence electrons. The maximum Gasteiger partial charge on any atom is 0.137 e. The van der Waals surface area contributed by atoms with E-state index in [-0.39, 0.29) is 11.9 Å². The van der Waals surface area contributed by atoms with Crippen molar-refractivity contribution in [3.63, 3.8) is 0 Å². The summed E-state index contributed by atoms with van der Waals surface area (Å²) < 4.78 is 13.7. The van der Waals surface area contributed by atoms with Crippen molar-refractivity contribution in [3.05, 3.63) is 47.8 Å². The molecule has 0 saturated carbocycles. The van der Waals surface area contributed by atoms with E-state index < -0.39 is 0 Å². The molecule has 0 bridgehead atoms. The number of aromatic amines is 1. The molecule has 1 aromatic heterocycles. The molecule has 1 atom stereocenters. The molecule has 0 spiro atoms. The molecule has 0 aliphatic carbocycles. The largest absolute Gasteiger partial charge is 0.349 e.